The molecule has 0 aliphatic carbocycles. The maximum Gasteiger partial charge on any atom is 0.0701 e. The Hall–Kier alpha value is -0.200. The van der Waals surface area contributed by atoms with Crippen molar-refractivity contribution >= 4 is 0 Å². The first-order valence-corrected chi connectivity index (χ1v) is 6.88. The van der Waals surface area contributed by atoms with Crippen LogP contribution in [0.4, 0.5) is 0 Å². The van der Waals surface area contributed by atoms with Gasteiger partial charge in [-0.2, -0.15) is 0 Å². The van der Waals surface area contributed by atoms with E-state index in [1.165, 1.54) is 0 Å². The summed E-state index contributed by atoms with van der Waals surface area (Å²) in [6, 6.07) is 0. The van der Waals surface area contributed by atoms with E-state index in [-0.39, 0.29) is 6.61 Å². The van der Waals surface area contributed by atoms with Crippen molar-refractivity contribution in [2.45, 2.75) is 25.4 Å². The summed E-state index contributed by atoms with van der Waals surface area (Å²) in [6.45, 7) is 6.05. The SMILES string of the molecule is COCCOCCCN1CCC(OCCO)CC1. The van der Waals surface area contributed by atoms with Crippen molar-refractivity contribution in [2.75, 3.05) is 59.8 Å². The summed E-state index contributed by atoms with van der Waals surface area (Å²) in [5.74, 6) is 0. The number of aliphatic hydroxyl groups excluding tert-OH is 1. The van der Waals surface area contributed by atoms with Gasteiger partial charge in [0.05, 0.1) is 32.5 Å². The predicted molar refractivity (Wildman–Crippen MR) is 69.8 cm³/mol. The van der Waals surface area contributed by atoms with Crippen LogP contribution in [0.3, 0.4) is 0 Å². The average molecular weight is 261 g/mol. The number of hydrogen-bond donors (Lipinski definition) is 1. The molecule has 0 aromatic rings. The van der Waals surface area contributed by atoms with E-state index in [4.69, 9.17) is 19.3 Å². The minimum Gasteiger partial charge on any atom is -0.394 e. The van der Waals surface area contributed by atoms with E-state index in [0.717, 1.165) is 45.5 Å². The highest BCUT2D eigenvalue weighted by molar-refractivity contribution is 4.72. The molecule has 1 saturated heterocycles. The fourth-order valence-electron chi connectivity index (χ4n) is 2.15. The quantitative estimate of drug-likeness (QED) is 0.581. The largest absolute Gasteiger partial charge is 0.394 e. The Balaban J connectivity index is 1.92. The number of nitrogens with zero attached hydrogens (tertiary/aromatic N) is 1. The van der Waals surface area contributed by atoms with Gasteiger partial charge in [0, 0.05) is 33.4 Å². The second-order valence-electron chi connectivity index (χ2n) is 4.59. The Morgan fingerprint density at radius 2 is 1.89 bits per heavy atom. The first-order valence-electron chi connectivity index (χ1n) is 6.88. The molecular formula is C13H27NO4. The summed E-state index contributed by atoms with van der Waals surface area (Å²) in [6.07, 6.45) is 3.56. The molecule has 18 heavy (non-hydrogen) atoms. The van der Waals surface area contributed by atoms with Crippen molar-refractivity contribution in [3.8, 4) is 0 Å². The lowest BCUT2D eigenvalue weighted by Gasteiger charge is -2.31. The molecule has 1 aliphatic rings. The normalized spacial score (nSPS) is 18.3. The van der Waals surface area contributed by atoms with Crippen molar-refractivity contribution in [1.29, 1.82) is 0 Å². The highest BCUT2D eigenvalue weighted by atomic mass is 16.5. The Kier molecular flexibility index (Phi) is 9.42. The maximum atomic E-state index is 8.70. The van der Waals surface area contributed by atoms with Crippen LogP contribution in [0.1, 0.15) is 19.3 Å². The molecule has 0 atom stereocenters. The van der Waals surface area contributed by atoms with E-state index in [2.05, 4.69) is 4.90 Å². The lowest BCUT2D eigenvalue weighted by atomic mass is 10.1. The van der Waals surface area contributed by atoms with E-state index in [9.17, 15) is 0 Å². The van der Waals surface area contributed by atoms with Crippen LogP contribution < -0.4 is 0 Å². The fraction of sp³-hybridized carbons (Fsp3) is 1.00. The summed E-state index contributed by atoms with van der Waals surface area (Å²) < 4.78 is 15.9. The van der Waals surface area contributed by atoms with Gasteiger partial charge in [-0.05, 0) is 19.3 Å². The molecule has 1 heterocycles. The van der Waals surface area contributed by atoms with Crippen LogP contribution in [0, 0.1) is 0 Å². The number of piperidine rings is 1. The molecule has 0 aromatic carbocycles. The molecule has 5 nitrogen and oxygen atoms in total. The Labute approximate surface area is 110 Å². The van der Waals surface area contributed by atoms with E-state index in [1.807, 2.05) is 0 Å². The Bertz CT molecular complexity index is 184. The Morgan fingerprint density at radius 3 is 2.56 bits per heavy atom. The molecule has 5 heteroatoms. The van der Waals surface area contributed by atoms with Crippen LogP contribution in [0.2, 0.25) is 0 Å². The van der Waals surface area contributed by atoms with Crippen LogP contribution >= 0.6 is 0 Å². The monoisotopic (exact) mass is 261 g/mol. The minimum absolute atomic E-state index is 0.124. The smallest absolute Gasteiger partial charge is 0.0701 e. The minimum atomic E-state index is 0.124. The molecule has 0 spiro atoms. The summed E-state index contributed by atoms with van der Waals surface area (Å²) in [5, 5.41) is 8.70. The van der Waals surface area contributed by atoms with Crippen molar-refractivity contribution in [2.24, 2.45) is 0 Å². The van der Waals surface area contributed by atoms with Gasteiger partial charge in [0.15, 0.2) is 0 Å². The van der Waals surface area contributed by atoms with Crippen LogP contribution in [-0.4, -0.2) is 75.9 Å². The van der Waals surface area contributed by atoms with Gasteiger partial charge < -0.3 is 24.2 Å². The summed E-state index contributed by atoms with van der Waals surface area (Å²) >= 11 is 0. The molecule has 0 aromatic heterocycles. The zero-order chi connectivity index (χ0) is 13.1. The first-order chi connectivity index (χ1) is 8.86. The van der Waals surface area contributed by atoms with Crippen LogP contribution in [-0.2, 0) is 14.2 Å². The molecule has 0 bridgehead atoms. The second-order valence-corrected chi connectivity index (χ2v) is 4.59. The van der Waals surface area contributed by atoms with E-state index in [0.29, 0.717) is 25.9 Å². The molecule has 0 radical (unpaired) electrons. The van der Waals surface area contributed by atoms with E-state index < -0.39 is 0 Å². The number of hydrogen-bond acceptors (Lipinski definition) is 5. The Morgan fingerprint density at radius 1 is 1.11 bits per heavy atom. The zero-order valence-electron chi connectivity index (χ0n) is 11.5. The molecule has 1 fully saturated rings. The average Bonchev–Trinajstić information content (AvgIpc) is 2.42. The van der Waals surface area contributed by atoms with Gasteiger partial charge in [-0.1, -0.05) is 0 Å². The lowest BCUT2D eigenvalue weighted by Crippen LogP contribution is -2.38. The van der Waals surface area contributed by atoms with Crippen LogP contribution in [0.5, 0.6) is 0 Å². The fourth-order valence-corrected chi connectivity index (χ4v) is 2.15. The van der Waals surface area contributed by atoms with Crippen molar-refractivity contribution < 1.29 is 19.3 Å². The van der Waals surface area contributed by atoms with Gasteiger partial charge in [0.2, 0.25) is 0 Å². The predicted octanol–water partition coefficient (Wildman–Crippen LogP) is 0.513. The highest BCUT2D eigenvalue weighted by Crippen LogP contribution is 2.13. The molecule has 0 saturated carbocycles. The maximum absolute atomic E-state index is 8.70. The number of methoxy groups -OCH3 is 1. The second kappa shape index (κ2) is 10.7. The van der Waals surface area contributed by atoms with Gasteiger partial charge in [-0.3, -0.25) is 0 Å². The topological polar surface area (TPSA) is 51.2 Å². The van der Waals surface area contributed by atoms with E-state index in [1.54, 1.807) is 7.11 Å². The summed E-state index contributed by atoms with van der Waals surface area (Å²) in [7, 11) is 1.69. The van der Waals surface area contributed by atoms with Gasteiger partial charge in [-0.25, -0.2) is 0 Å². The van der Waals surface area contributed by atoms with E-state index >= 15 is 0 Å². The molecule has 1 N–H and O–H groups in total. The number of ether oxygens (including phenoxy) is 3. The highest BCUT2D eigenvalue weighted by Gasteiger charge is 2.18. The number of rotatable bonds is 10. The lowest BCUT2D eigenvalue weighted by molar-refractivity contribution is -0.00939. The molecule has 0 amide bonds. The van der Waals surface area contributed by atoms with Crippen molar-refractivity contribution in [3.05, 3.63) is 0 Å². The first kappa shape index (κ1) is 15.9. The zero-order valence-corrected chi connectivity index (χ0v) is 11.5. The summed E-state index contributed by atoms with van der Waals surface area (Å²) in [4.78, 5) is 2.46. The molecule has 0 unspecified atom stereocenters. The van der Waals surface area contributed by atoms with Crippen molar-refractivity contribution in [3.63, 3.8) is 0 Å². The van der Waals surface area contributed by atoms with Crippen molar-refractivity contribution in [1.82, 2.24) is 4.90 Å². The third kappa shape index (κ3) is 7.28. The van der Waals surface area contributed by atoms with Gasteiger partial charge in [0.25, 0.3) is 0 Å². The molecular weight excluding hydrogens is 234 g/mol. The third-order valence-corrected chi connectivity index (χ3v) is 3.17. The third-order valence-electron chi connectivity index (χ3n) is 3.17. The number of aliphatic hydroxyl groups is 1. The van der Waals surface area contributed by atoms with Crippen LogP contribution in [0.15, 0.2) is 0 Å². The van der Waals surface area contributed by atoms with Crippen LogP contribution in [0.25, 0.3) is 0 Å². The standard InChI is InChI=1S/C13H27NO4/c1-16-11-12-17-9-2-5-14-6-3-13(4-7-14)18-10-8-15/h13,15H,2-12H2,1H3. The van der Waals surface area contributed by atoms with Gasteiger partial charge >= 0.3 is 0 Å². The molecule has 108 valence electrons. The molecule has 1 aliphatic heterocycles. The molecule has 1 rings (SSSR count). The van der Waals surface area contributed by atoms with Gasteiger partial charge in [0.1, 0.15) is 0 Å². The summed E-state index contributed by atoms with van der Waals surface area (Å²) in [5.41, 5.74) is 0. The van der Waals surface area contributed by atoms with Gasteiger partial charge in [-0.15, -0.1) is 0 Å². The number of likely N-dealkylation sites (tertiary alicyclic amines) is 1.